The van der Waals surface area contributed by atoms with Crippen molar-refractivity contribution in [1.82, 2.24) is 10.6 Å². The number of rotatable bonds is 10. The molecule has 0 heterocycles. The van der Waals surface area contributed by atoms with Crippen LogP contribution >= 0.6 is 11.8 Å². The molecule has 7 nitrogen and oxygen atoms in total. The Kier molecular flexibility index (Phi) is 9.33. The van der Waals surface area contributed by atoms with Gasteiger partial charge in [0.05, 0.1) is 0 Å². The largest absolute Gasteiger partial charge is 0.481 e. The average Bonchev–Trinajstić information content (AvgIpc) is 2.33. The first-order chi connectivity index (χ1) is 8.97. The molecule has 4 N–H and O–H groups in total. The van der Waals surface area contributed by atoms with Gasteiger partial charge in [-0.1, -0.05) is 6.08 Å². The van der Waals surface area contributed by atoms with Gasteiger partial charge in [0.1, 0.15) is 6.04 Å². The Hall–Kier alpha value is -1.70. The van der Waals surface area contributed by atoms with E-state index in [-0.39, 0.29) is 12.8 Å². The fourth-order valence-corrected chi connectivity index (χ4v) is 1.72. The Labute approximate surface area is 115 Å². The predicted octanol–water partition coefficient (Wildman–Crippen LogP) is 0.523. The van der Waals surface area contributed by atoms with E-state index in [1.165, 1.54) is 0 Å². The maximum absolute atomic E-state index is 11.4. The molecule has 1 atom stereocenters. The van der Waals surface area contributed by atoms with Gasteiger partial charge in [-0.3, -0.25) is 4.79 Å². The average molecular weight is 290 g/mol. The molecule has 0 aromatic heterocycles. The van der Waals surface area contributed by atoms with Gasteiger partial charge >= 0.3 is 18.0 Å². The summed E-state index contributed by atoms with van der Waals surface area (Å²) in [5.41, 5.74) is 0. The number of hydrogen-bond donors (Lipinski definition) is 4. The summed E-state index contributed by atoms with van der Waals surface area (Å²) in [4.78, 5) is 32.5. The summed E-state index contributed by atoms with van der Waals surface area (Å²) < 4.78 is 0. The summed E-state index contributed by atoms with van der Waals surface area (Å²) in [5, 5.41) is 22.0. The highest BCUT2D eigenvalue weighted by atomic mass is 32.2. The van der Waals surface area contributed by atoms with Gasteiger partial charge in [-0.05, 0) is 6.42 Å². The molecule has 0 bridgehead atoms. The van der Waals surface area contributed by atoms with Gasteiger partial charge in [-0.2, -0.15) is 11.8 Å². The molecule has 0 saturated heterocycles. The van der Waals surface area contributed by atoms with Gasteiger partial charge in [0.15, 0.2) is 0 Å². The Morgan fingerprint density at radius 2 is 2.00 bits per heavy atom. The van der Waals surface area contributed by atoms with E-state index in [0.29, 0.717) is 12.3 Å². The van der Waals surface area contributed by atoms with Crippen LogP contribution in [0.25, 0.3) is 0 Å². The van der Waals surface area contributed by atoms with Crippen molar-refractivity contribution >= 4 is 29.7 Å². The molecule has 8 heteroatoms. The Bertz CT molecular complexity index is 335. The van der Waals surface area contributed by atoms with Crippen molar-refractivity contribution in [3.05, 3.63) is 12.7 Å². The smallest absolute Gasteiger partial charge is 0.326 e. The van der Waals surface area contributed by atoms with E-state index >= 15 is 0 Å². The third-order valence-electron chi connectivity index (χ3n) is 2.02. The molecule has 0 aromatic carbocycles. The van der Waals surface area contributed by atoms with E-state index in [9.17, 15) is 14.4 Å². The highest BCUT2D eigenvalue weighted by Crippen LogP contribution is 1.99. The summed E-state index contributed by atoms with van der Waals surface area (Å²) in [6.07, 6.45) is 1.28. The van der Waals surface area contributed by atoms with E-state index in [4.69, 9.17) is 10.2 Å². The van der Waals surface area contributed by atoms with E-state index in [1.54, 1.807) is 17.8 Å². The summed E-state index contributed by atoms with van der Waals surface area (Å²) >= 11 is 1.58. The number of carbonyl (C=O) groups is 3. The number of carboxylic acid groups (broad SMARTS) is 2. The molecule has 0 spiro atoms. The second-order valence-electron chi connectivity index (χ2n) is 3.59. The molecule has 0 aliphatic heterocycles. The summed E-state index contributed by atoms with van der Waals surface area (Å²) in [7, 11) is 0. The Morgan fingerprint density at radius 3 is 2.53 bits per heavy atom. The monoisotopic (exact) mass is 290 g/mol. The zero-order chi connectivity index (χ0) is 14.7. The normalized spacial score (nSPS) is 11.4. The van der Waals surface area contributed by atoms with E-state index in [1.807, 2.05) is 0 Å². The highest BCUT2D eigenvalue weighted by Gasteiger charge is 2.20. The lowest BCUT2D eigenvalue weighted by Crippen LogP contribution is -2.46. The van der Waals surface area contributed by atoms with E-state index in [0.717, 1.165) is 5.75 Å². The lowest BCUT2D eigenvalue weighted by Gasteiger charge is -2.14. The second kappa shape index (κ2) is 10.2. The molecular formula is C11H18N2O5S. The van der Waals surface area contributed by atoms with Crippen LogP contribution in [0.3, 0.4) is 0 Å². The summed E-state index contributed by atoms with van der Waals surface area (Å²) in [5.74, 6) is -0.891. The van der Waals surface area contributed by atoms with Crippen LogP contribution in [-0.4, -0.2) is 52.3 Å². The molecule has 0 aliphatic rings. The molecule has 1 unspecified atom stereocenters. The Morgan fingerprint density at radius 1 is 1.32 bits per heavy atom. The minimum Gasteiger partial charge on any atom is -0.481 e. The van der Waals surface area contributed by atoms with Gasteiger partial charge in [-0.15, -0.1) is 6.58 Å². The van der Waals surface area contributed by atoms with Gasteiger partial charge in [-0.25, -0.2) is 9.59 Å². The molecule has 0 rings (SSSR count). The first-order valence-electron chi connectivity index (χ1n) is 5.65. The number of hydrogen-bond acceptors (Lipinski definition) is 4. The van der Waals surface area contributed by atoms with Crippen LogP contribution in [0.4, 0.5) is 4.79 Å². The van der Waals surface area contributed by atoms with Crippen LogP contribution in [-0.2, 0) is 9.59 Å². The SMILES string of the molecule is C=CCSCCNC(=O)NC(CCC(=O)O)C(=O)O. The molecule has 0 saturated carbocycles. The topological polar surface area (TPSA) is 116 Å². The lowest BCUT2D eigenvalue weighted by atomic mass is 10.1. The third kappa shape index (κ3) is 9.95. The maximum Gasteiger partial charge on any atom is 0.326 e. The number of aliphatic carboxylic acids is 2. The number of carboxylic acids is 2. The van der Waals surface area contributed by atoms with Crippen molar-refractivity contribution in [1.29, 1.82) is 0 Å². The number of nitrogens with one attached hydrogen (secondary N) is 2. The van der Waals surface area contributed by atoms with Crippen molar-refractivity contribution in [3.63, 3.8) is 0 Å². The predicted molar refractivity (Wildman–Crippen MR) is 72.4 cm³/mol. The minimum absolute atomic E-state index is 0.150. The number of amides is 2. The first kappa shape index (κ1) is 17.3. The minimum atomic E-state index is -1.25. The summed E-state index contributed by atoms with van der Waals surface area (Å²) in [6.45, 7) is 3.95. The molecule has 0 fully saturated rings. The van der Waals surface area contributed by atoms with Crippen molar-refractivity contribution < 1.29 is 24.6 Å². The van der Waals surface area contributed by atoms with Crippen LogP contribution in [0.15, 0.2) is 12.7 Å². The molecule has 0 aromatic rings. The van der Waals surface area contributed by atoms with Crippen molar-refractivity contribution in [2.75, 3.05) is 18.1 Å². The Balaban J connectivity index is 3.93. The van der Waals surface area contributed by atoms with Gasteiger partial charge < -0.3 is 20.8 Å². The van der Waals surface area contributed by atoms with Crippen LogP contribution < -0.4 is 10.6 Å². The van der Waals surface area contributed by atoms with Crippen molar-refractivity contribution in [2.24, 2.45) is 0 Å². The van der Waals surface area contributed by atoms with Crippen LogP contribution in [0.1, 0.15) is 12.8 Å². The first-order valence-corrected chi connectivity index (χ1v) is 6.80. The lowest BCUT2D eigenvalue weighted by molar-refractivity contribution is -0.140. The second-order valence-corrected chi connectivity index (χ2v) is 4.74. The fourth-order valence-electron chi connectivity index (χ4n) is 1.14. The van der Waals surface area contributed by atoms with Gasteiger partial charge in [0.25, 0.3) is 0 Å². The van der Waals surface area contributed by atoms with Gasteiger partial charge in [0, 0.05) is 24.5 Å². The zero-order valence-corrected chi connectivity index (χ0v) is 11.2. The van der Waals surface area contributed by atoms with E-state index < -0.39 is 24.0 Å². The van der Waals surface area contributed by atoms with Gasteiger partial charge in [0.2, 0.25) is 0 Å². The number of carbonyl (C=O) groups excluding carboxylic acids is 1. The fraction of sp³-hybridized carbons (Fsp3) is 0.545. The standard InChI is InChI=1S/C11H18N2O5S/c1-2-6-19-7-5-12-11(18)13-8(10(16)17)3-4-9(14)15/h2,8H,1,3-7H2,(H,14,15)(H,16,17)(H2,12,13,18). The van der Waals surface area contributed by atoms with Crippen LogP contribution in [0, 0.1) is 0 Å². The highest BCUT2D eigenvalue weighted by molar-refractivity contribution is 7.99. The number of thioether (sulfide) groups is 1. The molecule has 0 radical (unpaired) electrons. The molecule has 19 heavy (non-hydrogen) atoms. The molecule has 2 amide bonds. The third-order valence-corrected chi connectivity index (χ3v) is 2.98. The quantitative estimate of drug-likeness (QED) is 0.344. The van der Waals surface area contributed by atoms with Crippen molar-refractivity contribution in [2.45, 2.75) is 18.9 Å². The van der Waals surface area contributed by atoms with Crippen LogP contribution in [0.5, 0.6) is 0 Å². The molecule has 0 aliphatic carbocycles. The zero-order valence-electron chi connectivity index (χ0n) is 10.4. The van der Waals surface area contributed by atoms with Crippen LogP contribution in [0.2, 0.25) is 0 Å². The summed E-state index contributed by atoms with van der Waals surface area (Å²) in [6, 6.07) is -1.81. The molecule has 108 valence electrons. The van der Waals surface area contributed by atoms with Crippen molar-refractivity contribution in [3.8, 4) is 0 Å². The number of urea groups is 1. The molecular weight excluding hydrogens is 272 g/mol. The maximum atomic E-state index is 11.4. The van der Waals surface area contributed by atoms with E-state index in [2.05, 4.69) is 17.2 Å².